The van der Waals surface area contributed by atoms with E-state index in [0.717, 1.165) is 0 Å². The number of ketones is 1. The summed E-state index contributed by atoms with van der Waals surface area (Å²) in [4.78, 5) is 11.1. The number of rotatable bonds is 1. The van der Waals surface area contributed by atoms with Crippen molar-refractivity contribution in [2.45, 2.75) is 6.92 Å². The second-order valence-corrected chi connectivity index (χ2v) is 1.71. The molecule has 0 saturated heterocycles. The topological polar surface area (TPSA) is 55.1 Å². The van der Waals surface area contributed by atoms with Crippen LogP contribution in [0.15, 0.2) is 12.4 Å². The van der Waals surface area contributed by atoms with Crippen molar-refractivity contribution in [2.24, 2.45) is 0 Å². The fourth-order valence-corrected chi connectivity index (χ4v) is 0.494. The summed E-state index contributed by atoms with van der Waals surface area (Å²) in [6.07, 6.45) is 2.56. The molecule has 0 saturated carbocycles. The summed E-state index contributed by atoms with van der Waals surface area (Å²) in [6, 6.07) is 0. The Morgan fingerprint density at radius 1 is 1.89 bits per heavy atom. The van der Waals surface area contributed by atoms with Gasteiger partial charge in [-0.1, -0.05) is 0 Å². The molecule has 0 aliphatic rings. The van der Waals surface area contributed by atoms with Crippen LogP contribution >= 0.6 is 0 Å². The third-order valence-electron chi connectivity index (χ3n) is 0.976. The molecule has 0 aromatic carbocycles. The summed E-state index contributed by atoms with van der Waals surface area (Å²) in [5, 5.41) is 11.9. The molecule has 0 spiro atoms. The van der Waals surface area contributed by atoms with Crippen molar-refractivity contribution in [3.63, 3.8) is 0 Å². The number of carbonyl (C=O) groups is 1. The fourth-order valence-electron chi connectivity index (χ4n) is 0.494. The molecular formula is C5H6N2O2. The van der Waals surface area contributed by atoms with Gasteiger partial charge in [-0.2, -0.15) is 0 Å². The fraction of sp³-hybridized carbons (Fsp3) is 0.200. The van der Waals surface area contributed by atoms with Gasteiger partial charge >= 0.3 is 0 Å². The van der Waals surface area contributed by atoms with Crippen molar-refractivity contribution < 1.29 is 10.0 Å². The van der Waals surface area contributed by atoms with E-state index in [-0.39, 0.29) is 5.78 Å². The molecule has 0 radical (unpaired) electrons. The van der Waals surface area contributed by atoms with Crippen LogP contribution in [0, 0.1) is 0 Å². The van der Waals surface area contributed by atoms with Crippen molar-refractivity contribution in [3.8, 4) is 0 Å². The summed E-state index contributed by atoms with van der Waals surface area (Å²) < 4.78 is 0. The van der Waals surface area contributed by atoms with Gasteiger partial charge in [0.05, 0.1) is 18.0 Å². The van der Waals surface area contributed by atoms with Gasteiger partial charge in [-0.15, -0.1) is 9.94 Å². The molecule has 1 aromatic rings. The Bertz CT molecular complexity index is 229. The molecular weight excluding hydrogens is 120 g/mol. The van der Waals surface area contributed by atoms with Crippen LogP contribution in [0.3, 0.4) is 0 Å². The van der Waals surface area contributed by atoms with E-state index in [1.54, 1.807) is 0 Å². The Morgan fingerprint density at radius 2 is 2.56 bits per heavy atom. The maximum Gasteiger partial charge on any atom is 0.163 e. The summed E-state index contributed by atoms with van der Waals surface area (Å²) in [5.74, 6) is -0.102. The number of aromatic nitrogens is 2. The smallest absolute Gasteiger partial charge is 0.163 e. The van der Waals surface area contributed by atoms with Gasteiger partial charge in [-0.05, 0) is 6.92 Å². The van der Waals surface area contributed by atoms with E-state index >= 15 is 0 Å². The first-order chi connectivity index (χ1) is 4.20. The first kappa shape index (κ1) is 5.81. The predicted molar refractivity (Wildman–Crippen MR) is 29.4 cm³/mol. The standard InChI is InChI=1S/C5H6N2O2/c1-4(8)5-2-6-7(9)3-5/h2-3,9H,1H3. The zero-order chi connectivity index (χ0) is 6.85. The monoisotopic (exact) mass is 126 g/mol. The van der Waals surface area contributed by atoms with Crippen molar-refractivity contribution in [1.29, 1.82) is 0 Å². The highest BCUT2D eigenvalue weighted by Gasteiger charge is 1.99. The Hall–Kier alpha value is -1.32. The molecule has 1 heterocycles. The van der Waals surface area contributed by atoms with Gasteiger partial charge in [0, 0.05) is 0 Å². The molecule has 0 fully saturated rings. The molecule has 0 atom stereocenters. The van der Waals surface area contributed by atoms with Crippen molar-refractivity contribution in [3.05, 3.63) is 18.0 Å². The van der Waals surface area contributed by atoms with Gasteiger partial charge in [-0.3, -0.25) is 4.79 Å². The second-order valence-electron chi connectivity index (χ2n) is 1.71. The minimum absolute atomic E-state index is 0.102. The molecule has 1 rings (SSSR count). The minimum Gasteiger partial charge on any atom is -0.412 e. The van der Waals surface area contributed by atoms with E-state index in [2.05, 4.69) is 5.10 Å². The van der Waals surface area contributed by atoms with Gasteiger partial charge in [0.15, 0.2) is 5.78 Å². The number of nitrogens with zero attached hydrogens (tertiary/aromatic N) is 2. The lowest BCUT2D eigenvalue weighted by atomic mass is 10.3. The first-order valence-corrected chi connectivity index (χ1v) is 2.45. The average Bonchev–Trinajstić information content (AvgIpc) is 2.14. The van der Waals surface area contributed by atoms with E-state index in [0.29, 0.717) is 10.4 Å². The highest BCUT2D eigenvalue weighted by molar-refractivity contribution is 5.93. The summed E-state index contributed by atoms with van der Waals surface area (Å²) in [5.41, 5.74) is 0.414. The lowest BCUT2D eigenvalue weighted by Gasteiger charge is -1.81. The predicted octanol–water partition coefficient (Wildman–Crippen LogP) is 0.323. The normalized spacial score (nSPS) is 9.44. The third kappa shape index (κ3) is 1.07. The van der Waals surface area contributed by atoms with Crippen LogP contribution in [0.4, 0.5) is 0 Å². The van der Waals surface area contributed by atoms with E-state index in [4.69, 9.17) is 5.21 Å². The summed E-state index contributed by atoms with van der Waals surface area (Å²) >= 11 is 0. The molecule has 1 aromatic heterocycles. The van der Waals surface area contributed by atoms with Crippen LogP contribution in [0.5, 0.6) is 0 Å². The van der Waals surface area contributed by atoms with Gasteiger partial charge in [0.1, 0.15) is 0 Å². The van der Waals surface area contributed by atoms with Crippen molar-refractivity contribution in [2.75, 3.05) is 0 Å². The van der Waals surface area contributed by atoms with Crippen LogP contribution in [0.2, 0.25) is 0 Å². The summed E-state index contributed by atoms with van der Waals surface area (Å²) in [6.45, 7) is 1.41. The molecule has 0 bridgehead atoms. The lowest BCUT2D eigenvalue weighted by molar-refractivity contribution is 0.101. The summed E-state index contributed by atoms with van der Waals surface area (Å²) in [7, 11) is 0. The van der Waals surface area contributed by atoms with E-state index < -0.39 is 0 Å². The van der Waals surface area contributed by atoms with Crippen molar-refractivity contribution >= 4 is 5.78 Å². The van der Waals surface area contributed by atoms with Crippen molar-refractivity contribution in [1.82, 2.24) is 9.94 Å². The van der Waals surface area contributed by atoms with Crippen LogP contribution in [-0.4, -0.2) is 20.9 Å². The number of Topliss-reactive ketones (excluding diaryl/α,β-unsaturated/α-hetero) is 1. The second kappa shape index (κ2) is 1.89. The first-order valence-electron chi connectivity index (χ1n) is 2.45. The SMILES string of the molecule is CC(=O)c1cnn(O)c1. The maximum absolute atomic E-state index is 10.5. The highest BCUT2D eigenvalue weighted by Crippen LogP contribution is 1.95. The largest absolute Gasteiger partial charge is 0.412 e. The number of carbonyl (C=O) groups excluding carboxylic acids is 1. The molecule has 48 valence electrons. The van der Waals surface area contributed by atoms with Gasteiger partial charge in [0.25, 0.3) is 0 Å². The zero-order valence-electron chi connectivity index (χ0n) is 4.90. The molecule has 4 heteroatoms. The minimum atomic E-state index is -0.102. The van der Waals surface area contributed by atoms with Gasteiger partial charge < -0.3 is 5.21 Å². The number of hydrogen-bond donors (Lipinski definition) is 1. The molecule has 0 amide bonds. The quantitative estimate of drug-likeness (QED) is 0.435. The zero-order valence-corrected chi connectivity index (χ0v) is 4.90. The average molecular weight is 126 g/mol. The Morgan fingerprint density at radius 3 is 2.78 bits per heavy atom. The molecule has 0 unspecified atom stereocenters. The third-order valence-corrected chi connectivity index (χ3v) is 0.976. The molecule has 0 aliphatic carbocycles. The highest BCUT2D eigenvalue weighted by atomic mass is 16.5. The Kier molecular flexibility index (Phi) is 1.22. The Balaban J connectivity index is 2.98. The molecule has 4 nitrogen and oxygen atoms in total. The molecule has 1 N–H and O–H groups in total. The van der Waals surface area contributed by atoms with Crippen LogP contribution in [0.25, 0.3) is 0 Å². The van der Waals surface area contributed by atoms with Crippen LogP contribution in [-0.2, 0) is 0 Å². The number of hydrogen-bond acceptors (Lipinski definition) is 3. The molecule has 0 aliphatic heterocycles. The molecule has 9 heavy (non-hydrogen) atoms. The Labute approximate surface area is 51.7 Å². The van der Waals surface area contributed by atoms with E-state index in [1.807, 2.05) is 0 Å². The van der Waals surface area contributed by atoms with E-state index in [9.17, 15) is 4.79 Å². The van der Waals surface area contributed by atoms with Crippen LogP contribution in [0.1, 0.15) is 17.3 Å². The van der Waals surface area contributed by atoms with Crippen LogP contribution < -0.4 is 0 Å². The van der Waals surface area contributed by atoms with Gasteiger partial charge in [-0.25, -0.2) is 0 Å². The maximum atomic E-state index is 10.5. The lowest BCUT2D eigenvalue weighted by Crippen LogP contribution is -1.89. The van der Waals surface area contributed by atoms with E-state index in [1.165, 1.54) is 19.3 Å². The van der Waals surface area contributed by atoms with Gasteiger partial charge in [0.2, 0.25) is 0 Å².